The van der Waals surface area contributed by atoms with Crippen molar-refractivity contribution in [2.75, 3.05) is 7.11 Å². The largest absolute Gasteiger partial charge is 0.497 e. The number of hydrogen-bond acceptors (Lipinski definition) is 5. The van der Waals surface area contributed by atoms with Crippen LogP contribution in [0, 0.1) is 0 Å². The third-order valence-electron chi connectivity index (χ3n) is 5.06. The molecule has 0 radical (unpaired) electrons. The Morgan fingerprint density at radius 3 is 2.25 bits per heavy atom. The van der Waals surface area contributed by atoms with Gasteiger partial charge in [-0.25, -0.2) is 0 Å². The maximum Gasteiger partial charge on any atom is 0.257 e. The second-order valence-electron chi connectivity index (χ2n) is 7.70. The van der Waals surface area contributed by atoms with Crippen LogP contribution < -0.4 is 20.8 Å². The smallest absolute Gasteiger partial charge is 0.257 e. The summed E-state index contributed by atoms with van der Waals surface area (Å²) in [6.07, 6.45) is 4.46. The summed E-state index contributed by atoms with van der Waals surface area (Å²) >= 11 is 0. The standard InChI is InChI=1S/C24H27N3O5/c1-15(2)27-13-19(23(29)25-12-17-7-9-18(31-4)10-8-17)22(28)20(14-27)24(30)26-16(3)21-6-5-11-32-21/h5-11,13-16H,12H2,1-4H3,(H,25,29)(H,26,30). The molecule has 0 aliphatic rings. The summed E-state index contributed by atoms with van der Waals surface area (Å²) in [5, 5.41) is 5.50. The van der Waals surface area contributed by atoms with Crippen LogP contribution in [0.15, 0.2) is 64.3 Å². The second kappa shape index (κ2) is 10.00. The summed E-state index contributed by atoms with van der Waals surface area (Å²) in [6.45, 7) is 5.78. The van der Waals surface area contributed by atoms with Gasteiger partial charge >= 0.3 is 0 Å². The van der Waals surface area contributed by atoms with E-state index in [1.165, 1.54) is 18.7 Å². The average molecular weight is 437 g/mol. The number of hydrogen-bond donors (Lipinski definition) is 2. The minimum atomic E-state index is -0.627. The van der Waals surface area contributed by atoms with Crippen molar-refractivity contribution in [3.63, 3.8) is 0 Å². The van der Waals surface area contributed by atoms with Crippen LogP contribution in [0.1, 0.15) is 64.9 Å². The maximum absolute atomic E-state index is 13.0. The molecule has 168 valence electrons. The van der Waals surface area contributed by atoms with Gasteiger partial charge in [-0.15, -0.1) is 0 Å². The second-order valence-corrected chi connectivity index (χ2v) is 7.70. The van der Waals surface area contributed by atoms with Gasteiger partial charge in [0.2, 0.25) is 5.43 Å². The number of nitrogens with zero attached hydrogens (tertiary/aromatic N) is 1. The highest BCUT2D eigenvalue weighted by Gasteiger charge is 2.22. The number of methoxy groups -OCH3 is 1. The summed E-state index contributed by atoms with van der Waals surface area (Å²) in [4.78, 5) is 38.7. The first-order valence-electron chi connectivity index (χ1n) is 10.3. The first-order valence-corrected chi connectivity index (χ1v) is 10.3. The Morgan fingerprint density at radius 1 is 1.03 bits per heavy atom. The van der Waals surface area contributed by atoms with Crippen LogP contribution in [0.25, 0.3) is 0 Å². The molecule has 1 unspecified atom stereocenters. The molecular weight excluding hydrogens is 410 g/mol. The van der Waals surface area contributed by atoms with Crippen molar-refractivity contribution in [2.45, 2.75) is 39.4 Å². The third-order valence-corrected chi connectivity index (χ3v) is 5.06. The van der Waals surface area contributed by atoms with Crippen LogP contribution in [-0.4, -0.2) is 23.5 Å². The lowest BCUT2D eigenvalue weighted by Gasteiger charge is -2.16. The fourth-order valence-corrected chi connectivity index (χ4v) is 3.12. The summed E-state index contributed by atoms with van der Waals surface area (Å²) < 4.78 is 12.1. The molecule has 0 bridgehead atoms. The molecule has 0 aliphatic carbocycles. The molecule has 1 aromatic carbocycles. The molecule has 2 heterocycles. The van der Waals surface area contributed by atoms with E-state index >= 15 is 0 Å². The predicted octanol–water partition coefficient (Wildman–Crippen LogP) is 3.45. The fourth-order valence-electron chi connectivity index (χ4n) is 3.12. The molecule has 0 saturated carbocycles. The highest BCUT2D eigenvalue weighted by Crippen LogP contribution is 2.14. The molecule has 0 fully saturated rings. The molecule has 0 spiro atoms. The number of carbonyl (C=O) groups is 2. The SMILES string of the molecule is COc1ccc(CNC(=O)c2cn(C(C)C)cc(C(=O)NC(C)c3ccco3)c2=O)cc1. The molecule has 0 saturated heterocycles. The van der Waals surface area contributed by atoms with Crippen molar-refractivity contribution in [2.24, 2.45) is 0 Å². The Labute approximate surface area is 186 Å². The number of aromatic nitrogens is 1. The van der Waals surface area contributed by atoms with Crippen LogP contribution in [0.5, 0.6) is 5.75 Å². The van der Waals surface area contributed by atoms with E-state index in [9.17, 15) is 14.4 Å². The van der Waals surface area contributed by atoms with E-state index in [1.807, 2.05) is 26.0 Å². The molecule has 32 heavy (non-hydrogen) atoms. The van der Waals surface area contributed by atoms with Crippen molar-refractivity contribution in [1.82, 2.24) is 15.2 Å². The van der Waals surface area contributed by atoms with Crippen molar-refractivity contribution in [3.8, 4) is 5.75 Å². The summed E-state index contributed by atoms with van der Waals surface area (Å²) in [5.74, 6) is 0.158. The normalized spacial score (nSPS) is 11.8. The number of amides is 2. The fraction of sp³-hybridized carbons (Fsp3) is 0.292. The van der Waals surface area contributed by atoms with Gasteiger partial charge in [-0.05, 0) is 50.6 Å². The zero-order valence-electron chi connectivity index (χ0n) is 18.5. The molecule has 8 nitrogen and oxygen atoms in total. The lowest BCUT2D eigenvalue weighted by atomic mass is 10.1. The zero-order valence-corrected chi connectivity index (χ0v) is 18.5. The van der Waals surface area contributed by atoms with Gasteiger partial charge in [-0.1, -0.05) is 12.1 Å². The third kappa shape index (κ3) is 5.26. The van der Waals surface area contributed by atoms with E-state index in [2.05, 4.69) is 10.6 Å². The Hall–Kier alpha value is -3.81. The number of ether oxygens (including phenoxy) is 1. The maximum atomic E-state index is 13.0. The van der Waals surface area contributed by atoms with Crippen LogP contribution in [0.2, 0.25) is 0 Å². The molecule has 2 N–H and O–H groups in total. The highest BCUT2D eigenvalue weighted by molar-refractivity contribution is 5.99. The minimum Gasteiger partial charge on any atom is -0.497 e. The highest BCUT2D eigenvalue weighted by atomic mass is 16.5. The number of furan rings is 1. The Balaban J connectivity index is 1.83. The minimum absolute atomic E-state index is 0.0576. The molecule has 2 amide bonds. The number of benzene rings is 1. The van der Waals surface area contributed by atoms with Gasteiger partial charge in [0.15, 0.2) is 0 Å². The summed E-state index contributed by atoms with van der Waals surface area (Å²) in [7, 11) is 1.58. The molecular formula is C24H27N3O5. The topological polar surface area (TPSA) is 103 Å². The number of pyridine rings is 1. The lowest BCUT2D eigenvalue weighted by Crippen LogP contribution is -2.36. The van der Waals surface area contributed by atoms with Gasteiger partial charge in [0.05, 0.1) is 19.4 Å². The zero-order chi connectivity index (χ0) is 23.3. The van der Waals surface area contributed by atoms with E-state index in [1.54, 1.807) is 42.9 Å². The van der Waals surface area contributed by atoms with Gasteiger partial charge < -0.3 is 24.4 Å². The monoisotopic (exact) mass is 437 g/mol. The van der Waals surface area contributed by atoms with Crippen molar-refractivity contribution in [1.29, 1.82) is 0 Å². The summed E-state index contributed by atoms with van der Waals surface area (Å²) in [5.41, 5.74) is 0.0301. The lowest BCUT2D eigenvalue weighted by molar-refractivity contribution is 0.0933. The molecule has 3 rings (SSSR count). The molecule has 8 heteroatoms. The van der Waals surface area contributed by atoms with Crippen LogP contribution in [0.3, 0.4) is 0 Å². The summed E-state index contributed by atoms with van der Waals surface area (Å²) in [6, 6.07) is 10.2. The van der Waals surface area contributed by atoms with E-state index in [4.69, 9.17) is 9.15 Å². The van der Waals surface area contributed by atoms with Crippen molar-refractivity contribution in [3.05, 3.63) is 87.7 Å². The van der Waals surface area contributed by atoms with E-state index in [0.717, 1.165) is 5.56 Å². The first kappa shape index (κ1) is 22.9. The van der Waals surface area contributed by atoms with Gasteiger partial charge in [-0.3, -0.25) is 14.4 Å². The van der Waals surface area contributed by atoms with Crippen molar-refractivity contribution < 1.29 is 18.7 Å². The van der Waals surface area contributed by atoms with Gasteiger partial charge in [-0.2, -0.15) is 0 Å². The molecule has 1 atom stereocenters. The van der Waals surface area contributed by atoms with Gasteiger partial charge in [0.25, 0.3) is 11.8 Å². The number of nitrogens with one attached hydrogen (secondary N) is 2. The van der Waals surface area contributed by atoms with Crippen LogP contribution in [0.4, 0.5) is 0 Å². The molecule has 3 aromatic rings. The quantitative estimate of drug-likeness (QED) is 0.562. The van der Waals surface area contributed by atoms with Crippen LogP contribution in [-0.2, 0) is 6.54 Å². The Kier molecular flexibility index (Phi) is 7.14. The number of rotatable bonds is 8. The first-order chi connectivity index (χ1) is 15.3. The van der Waals surface area contributed by atoms with Crippen LogP contribution >= 0.6 is 0 Å². The van der Waals surface area contributed by atoms with E-state index in [-0.39, 0.29) is 23.7 Å². The Bertz CT molecular complexity index is 1130. The molecule has 0 aliphatic heterocycles. The van der Waals surface area contributed by atoms with Gasteiger partial charge in [0, 0.05) is 25.0 Å². The Morgan fingerprint density at radius 2 is 1.69 bits per heavy atom. The average Bonchev–Trinajstić information content (AvgIpc) is 3.33. The van der Waals surface area contributed by atoms with Crippen molar-refractivity contribution >= 4 is 11.8 Å². The molecule has 2 aromatic heterocycles. The predicted molar refractivity (Wildman–Crippen MR) is 120 cm³/mol. The van der Waals surface area contributed by atoms with Gasteiger partial charge in [0.1, 0.15) is 22.6 Å². The van der Waals surface area contributed by atoms with E-state index in [0.29, 0.717) is 11.5 Å². The number of carbonyl (C=O) groups excluding carboxylic acids is 2. The van der Waals surface area contributed by atoms with E-state index < -0.39 is 23.3 Å².